The molecule has 11 rings (SSSR count). The lowest BCUT2D eigenvalue weighted by molar-refractivity contribution is 0.669. The summed E-state index contributed by atoms with van der Waals surface area (Å²) in [7, 11) is 0. The van der Waals surface area contributed by atoms with Crippen molar-refractivity contribution in [3.63, 3.8) is 0 Å². The first kappa shape index (κ1) is 32.0. The fourth-order valence-corrected chi connectivity index (χ4v) is 8.44. The van der Waals surface area contributed by atoms with Gasteiger partial charge >= 0.3 is 0 Å². The van der Waals surface area contributed by atoms with Gasteiger partial charge in [-0.2, -0.15) is 0 Å². The SMILES string of the molecule is c1ccc(-c2ccc(N(c3cccc(-c4ccc(-c5cc6ccccc6c6ccccc56)cc4)c3)c3ccc4cc5c(cc4c3)oc3ccccc35)cc2)cc1. The molecule has 1 heterocycles. The number of fused-ring (bicyclic) bond motifs is 7. The van der Waals surface area contributed by atoms with Gasteiger partial charge in [0.25, 0.3) is 0 Å². The number of anilines is 3. The van der Waals surface area contributed by atoms with Gasteiger partial charge in [-0.3, -0.25) is 0 Å². The van der Waals surface area contributed by atoms with Crippen LogP contribution in [0.15, 0.2) is 217 Å². The largest absolute Gasteiger partial charge is 0.456 e. The van der Waals surface area contributed by atoms with Crippen molar-refractivity contribution < 1.29 is 4.42 Å². The Morgan fingerprint density at radius 1 is 0.268 bits per heavy atom. The first-order valence-corrected chi connectivity index (χ1v) is 19.2. The molecule has 0 bridgehead atoms. The molecule has 0 spiro atoms. The Bertz CT molecular complexity index is 3230. The Balaban J connectivity index is 1.01. The van der Waals surface area contributed by atoms with Crippen LogP contribution in [0.25, 0.3) is 87.6 Å². The molecule has 0 unspecified atom stereocenters. The lowest BCUT2D eigenvalue weighted by atomic mass is 9.92. The molecule has 11 aromatic rings. The van der Waals surface area contributed by atoms with E-state index in [4.69, 9.17) is 4.42 Å². The average molecular weight is 714 g/mol. The Kier molecular flexibility index (Phi) is 7.53. The highest BCUT2D eigenvalue weighted by molar-refractivity contribution is 6.14. The molecule has 0 amide bonds. The highest BCUT2D eigenvalue weighted by Gasteiger charge is 2.16. The number of benzene rings is 10. The average Bonchev–Trinajstić information content (AvgIpc) is 3.63. The maximum atomic E-state index is 6.31. The first-order chi connectivity index (χ1) is 27.7. The monoisotopic (exact) mass is 713 g/mol. The van der Waals surface area contributed by atoms with Gasteiger partial charge in [0.15, 0.2) is 0 Å². The van der Waals surface area contributed by atoms with Crippen LogP contribution in [-0.2, 0) is 0 Å². The van der Waals surface area contributed by atoms with E-state index in [1.807, 2.05) is 12.1 Å². The number of para-hydroxylation sites is 1. The molecule has 10 aromatic carbocycles. The van der Waals surface area contributed by atoms with Crippen molar-refractivity contribution in [2.75, 3.05) is 4.90 Å². The van der Waals surface area contributed by atoms with Crippen LogP contribution in [-0.4, -0.2) is 0 Å². The molecule has 0 fully saturated rings. The molecule has 0 radical (unpaired) electrons. The zero-order chi connectivity index (χ0) is 37.0. The zero-order valence-corrected chi connectivity index (χ0v) is 30.6. The first-order valence-electron chi connectivity index (χ1n) is 19.2. The fraction of sp³-hybridized carbons (Fsp3) is 0. The van der Waals surface area contributed by atoms with Crippen molar-refractivity contribution in [3.05, 3.63) is 212 Å². The summed E-state index contributed by atoms with van der Waals surface area (Å²) in [5.41, 5.74) is 12.2. The van der Waals surface area contributed by atoms with E-state index in [1.165, 1.54) is 54.7 Å². The predicted molar refractivity (Wildman–Crippen MR) is 237 cm³/mol. The molecule has 0 aliphatic rings. The van der Waals surface area contributed by atoms with E-state index in [-0.39, 0.29) is 0 Å². The van der Waals surface area contributed by atoms with Crippen LogP contribution in [0.2, 0.25) is 0 Å². The highest BCUT2D eigenvalue weighted by atomic mass is 16.3. The quantitative estimate of drug-likeness (QED) is 0.160. The van der Waals surface area contributed by atoms with Crippen molar-refractivity contribution in [1.82, 2.24) is 0 Å². The predicted octanol–water partition coefficient (Wildman–Crippen LogP) is 15.5. The van der Waals surface area contributed by atoms with Crippen LogP contribution in [0.4, 0.5) is 17.1 Å². The minimum absolute atomic E-state index is 0.900. The third-order valence-corrected chi connectivity index (χ3v) is 11.2. The summed E-state index contributed by atoms with van der Waals surface area (Å²) in [5, 5.41) is 9.69. The maximum Gasteiger partial charge on any atom is 0.136 e. The topological polar surface area (TPSA) is 16.4 Å². The molecule has 0 atom stereocenters. The maximum absolute atomic E-state index is 6.31. The van der Waals surface area contributed by atoms with Crippen LogP contribution >= 0.6 is 0 Å². The Morgan fingerprint density at radius 2 is 0.875 bits per heavy atom. The second-order valence-electron chi connectivity index (χ2n) is 14.5. The molecule has 0 saturated carbocycles. The summed E-state index contributed by atoms with van der Waals surface area (Å²) >= 11 is 0. The molecule has 0 N–H and O–H groups in total. The number of furan rings is 1. The summed E-state index contributed by atoms with van der Waals surface area (Å²) in [6, 6.07) is 76.6. The van der Waals surface area contributed by atoms with Gasteiger partial charge in [0.1, 0.15) is 11.2 Å². The van der Waals surface area contributed by atoms with E-state index in [2.05, 4.69) is 205 Å². The van der Waals surface area contributed by atoms with Crippen LogP contribution in [0.3, 0.4) is 0 Å². The highest BCUT2D eigenvalue weighted by Crippen LogP contribution is 2.41. The Morgan fingerprint density at radius 3 is 1.71 bits per heavy atom. The second-order valence-corrected chi connectivity index (χ2v) is 14.5. The van der Waals surface area contributed by atoms with Crippen LogP contribution in [0, 0.1) is 0 Å². The summed E-state index contributed by atoms with van der Waals surface area (Å²) in [4.78, 5) is 2.36. The summed E-state index contributed by atoms with van der Waals surface area (Å²) in [5.74, 6) is 0. The fourth-order valence-electron chi connectivity index (χ4n) is 8.44. The molecule has 2 heteroatoms. The van der Waals surface area contributed by atoms with Crippen LogP contribution in [0.1, 0.15) is 0 Å². The third-order valence-electron chi connectivity index (χ3n) is 11.2. The van der Waals surface area contributed by atoms with E-state index >= 15 is 0 Å². The minimum atomic E-state index is 0.900. The van der Waals surface area contributed by atoms with Crippen molar-refractivity contribution in [2.45, 2.75) is 0 Å². The molecular weight excluding hydrogens is 679 g/mol. The molecule has 262 valence electrons. The normalized spacial score (nSPS) is 11.6. The minimum Gasteiger partial charge on any atom is -0.456 e. The molecule has 0 aliphatic carbocycles. The Hall–Kier alpha value is -7.42. The van der Waals surface area contributed by atoms with Gasteiger partial charge in [-0.15, -0.1) is 0 Å². The van der Waals surface area contributed by atoms with Gasteiger partial charge in [-0.1, -0.05) is 152 Å². The number of hydrogen-bond acceptors (Lipinski definition) is 2. The van der Waals surface area contributed by atoms with E-state index in [9.17, 15) is 0 Å². The number of rotatable bonds is 6. The smallest absolute Gasteiger partial charge is 0.136 e. The molecule has 1 aromatic heterocycles. The number of hydrogen-bond donors (Lipinski definition) is 0. The zero-order valence-electron chi connectivity index (χ0n) is 30.6. The Labute approximate surface area is 325 Å². The van der Waals surface area contributed by atoms with Crippen LogP contribution in [0.5, 0.6) is 0 Å². The van der Waals surface area contributed by atoms with Gasteiger partial charge < -0.3 is 9.32 Å². The van der Waals surface area contributed by atoms with Crippen molar-refractivity contribution in [1.29, 1.82) is 0 Å². The summed E-state index contributed by atoms with van der Waals surface area (Å²) in [6.45, 7) is 0. The van der Waals surface area contributed by atoms with Gasteiger partial charge in [0.2, 0.25) is 0 Å². The molecule has 0 aliphatic heterocycles. The third kappa shape index (κ3) is 5.51. The molecule has 56 heavy (non-hydrogen) atoms. The van der Waals surface area contributed by atoms with Gasteiger partial charge in [-0.05, 0) is 126 Å². The molecule has 0 saturated heterocycles. The van der Waals surface area contributed by atoms with E-state index in [0.29, 0.717) is 0 Å². The van der Waals surface area contributed by atoms with Gasteiger partial charge in [-0.25, -0.2) is 0 Å². The van der Waals surface area contributed by atoms with Gasteiger partial charge in [0, 0.05) is 27.8 Å². The van der Waals surface area contributed by atoms with Gasteiger partial charge in [0.05, 0.1) is 0 Å². The lowest BCUT2D eigenvalue weighted by Gasteiger charge is -2.26. The molecular formula is C54H35NO. The second kappa shape index (κ2) is 13.2. The van der Waals surface area contributed by atoms with Crippen molar-refractivity contribution in [3.8, 4) is 33.4 Å². The van der Waals surface area contributed by atoms with E-state index in [1.54, 1.807) is 0 Å². The van der Waals surface area contributed by atoms with E-state index in [0.717, 1.165) is 50.0 Å². The lowest BCUT2D eigenvalue weighted by Crippen LogP contribution is -2.10. The van der Waals surface area contributed by atoms with Crippen molar-refractivity contribution >= 4 is 71.3 Å². The standard InChI is InChI=1S/C54H35NO/c1-2-11-36(12-3-1)37-25-28-44(29-26-37)55(46-30-27-41-33-52-50-19-8-9-20-53(50)56-54(52)35-43(41)32-46)45-15-10-14-40(31-45)38-21-23-39(24-22-38)51-34-42-13-4-5-16-47(42)48-17-6-7-18-49(48)51/h1-35H. The molecule has 2 nitrogen and oxygen atoms in total. The van der Waals surface area contributed by atoms with E-state index < -0.39 is 0 Å². The van der Waals surface area contributed by atoms with Crippen molar-refractivity contribution in [2.24, 2.45) is 0 Å². The van der Waals surface area contributed by atoms with Crippen LogP contribution < -0.4 is 4.90 Å². The summed E-state index contributed by atoms with van der Waals surface area (Å²) in [6.07, 6.45) is 0. The number of nitrogens with zero attached hydrogens (tertiary/aromatic N) is 1. The summed E-state index contributed by atoms with van der Waals surface area (Å²) < 4.78 is 6.31.